The van der Waals surface area contributed by atoms with Crippen LogP contribution in [0.3, 0.4) is 0 Å². The summed E-state index contributed by atoms with van der Waals surface area (Å²) < 4.78 is 0. The molecule has 1 atom stereocenters. The topological polar surface area (TPSA) is 56.7 Å². The van der Waals surface area contributed by atoms with Crippen molar-refractivity contribution in [1.82, 2.24) is 15.5 Å². The average molecular weight is 294 g/mol. The summed E-state index contributed by atoms with van der Waals surface area (Å²) >= 11 is 0. The lowest BCUT2D eigenvalue weighted by molar-refractivity contribution is -0.134. The van der Waals surface area contributed by atoms with Crippen LogP contribution in [0.1, 0.15) is 52.4 Å². The predicted octanol–water partition coefficient (Wildman–Crippen LogP) is 1.74. The second-order valence-corrected chi connectivity index (χ2v) is 6.16. The quantitative estimate of drug-likeness (QED) is 0.600. The molecule has 5 heteroatoms. The minimum absolute atomic E-state index is 0.297. The zero-order valence-corrected chi connectivity index (χ0v) is 13.5. The largest absolute Gasteiger partial charge is 0.357 e. The van der Waals surface area contributed by atoms with Crippen molar-refractivity contribution in [3.63, 3.8) is 0 Å². The van der Waals surface area contributed by atoms with Crippen molar-refractivity contribution >= 4 is 11.9 Å². The normalized spacial score (nSPS) is 23.6. The number of carbonyl (C=O) groups is 1. The van der Waals surface area contributed by atoms with Gasteiger partial charge in [0.2, 0.25) is 5.91 Å². The van der Waals surface area contributed by atoms with Crippen LogP contribution in [0.4, 0.5) is 0 Å². The Kier molecular flexibility index (Phi) is 6.33. The minimum atomic E-state index is 0.297. The Labute approximate surface area is 128 Å². The number of amides is 1. The van der Waals surface area contributed by atoms with Crippen LogP contribution in [0.25, 0.3) is 0 Å². The van der Waals surface area contributed by atoms with E-state index in [9.17, 15) is 4.79 Å². The molecule has 1 saturated carbocycles. The van der Waals surface area contributed by atoms with Gasteiger partial charge >= 0.3 is 0 Å². The number of guanidine groups is 1. The second kappa shape index (κ2) is 8.25. The fraction of sp³-hybridized carbons (Fsp3) is 0.875. The van der Waals surface area contributed by atoms with E-state index in [-0.39, 0.29) is 0 Å². The molecule has 1 heterocycles. The number of aliphatic imine (C=N–C) groups is 1. The van der Waals surface area contributed by atoms with Crippen molar-refractivity contribution in [3.8, 4) is 0 Å². The van der Waals surface area contributed by atoms with E-state index in [4.69, 9.17) is 0 Å². The molecule has 0 aromatic rings. The number of rotatable bonds is 5. The van der Waals surface area contributed by atoms with Gasteiger partial charge in [-0.1, -0.05) is 19.8 Å². The van der Waals surface area contributed by atoms with Crippen molar-refractivity contribution in [2.24, 2.45) is 10.9 Å². The minimum Gasteiger partial charge on any atom is -0.357 e. The molecule has 1 unspecified atom stereocenters. The van der Waals surface area contributed by atoms with Gasteiger partial charge < -0.3 is 15.5 Å². The third-order valence-electron chi connectivity index (χ3n) is 4.38. The Hall–Kier alpha value is -1.26. The van der Waals surface area contributed by atoms with Gasteiger partial charge in [-0.05, 0) is 32.6 Å². The average Bonchev–Trinajstić information content (AvgIpc) is 3.15. The maximum Gasteiger partial charge on any atom is 0.225 e. The maximum atomic E-state index is 12.4. The van der Waals surface area contributed by atoms with Crippen molar-refractivity contribution < 1.29 is 4.79 Å². The summed E-state index contributed by atoms with van der Waals surface area (Å²) in [5.74, 6) is 1.57. The highest BCUT2D eigenvalue weighted by Gasteiger charge is 2.32. The monoisotopic (exact) mass is 294 g/mol. The molecule has 2 fully saturated rings. The summed E-state index contributed by atoms with van der Waals surface area (Å²) in [6, 6.07) is 0.338. The van der Waals surface area contributed by atoms with E-state index in [2.05, 4.69) is 34.4 Å². The molecule has 0 bridgehead atoms. The molecule has 0 spiro atoms. The fourth-order valence-electron chi connectivity index (χ4n) is 3.25. The van der Waals surface area contributed by atoms with E-state index < -0.39 is 0 Å². The Balaban J connectivity index is 1.81. The smallest absolute Gasteiger partial charge is 0.225 e. The first-order valence-electron chi connectivity index (χ1n) is 8.58. The number of likely N-dealkylation sites (tertiary alicyclic amines) is 1. The van der Waals surface area contributed by atoms with Gasteiger partial charge in [-0.15, -0.1) is 0 Å². The first-order valence-corrected chi connectivity index (χ1v) is 8.58. The fourth-order valence-corrected chi connectivity index (χ4v) is 3.25. The molecule has 0 aromatic heterocycles. The van der Waals surface area contributed by atoms with Gasteiger partial charge in [-0.25, -0.2) is 0 Å². The Morgan fingerprint density at radius 1 is 1.24 bits per heavy atom. The molecular weight excluding hydrogens is 264 g/mol. The van der Waals surface area contributed by atoms with E-state index in [1.54, 1.807) is 0 Å². The van der Waals surface area contributed by atoms with E-state index in [0.717, 1.165) is 57.8 Å². The molecule has 1 aliphatic carbocycles. The van der Waals surface area contributed by atoms with Gasteiger partial charge in [-0.3, -0.25) is 9.79 Å². The van der Waals surface area contributed by atoms with Crippen LogP contribution in [-0.2, 0) is 4.79 Å². The Bertz CT molecular complexity index is 363. The van der Waals surface area contributed by atoms with Crippen LogP contribution in [0.2, 0.25) is 0 Å². The third kappa shape index (κ3) is 4.61. The first kappa shape index (κ1) is 16.1. The molecule has 0 aromatic carbocycles. The molecule has 1 amide bonds. The van der Waals surface area contributed by atoms with Crippen LogP contribution < -0.4 is 10.6 Å². The zero-order valence-electron chi connectivity index (χ0n) is 13.5. The van der Waals surface area contributed by atoms with E-state index in [1.807, 2.05) is 0 Å². The van der Waals surface area contributed by atoms with Gasteiger partial charge in [0.05, 0.1) is 0 Å². The molecule has 2 N–H and O–H groups in total. The van der Waals surface area contributed by atoms with Crippen LogP contribution in [0, 0.1) is 5.92 Å². The molecule has 2 rings (SSSR count). The summed E-state index contributed by atoms with van der Waals surface area (Å²) in [4.78, 5) is 19.0. The lowest BCUT2D eigenvalue weighted by Gasteiger charge is -2.21. The molecule has 2 aliphatic rings. The Morgan fingerprint density at radius 3 is 2.67 bits per heavy atom. The SMILES string of the molecule is CCCN=C(NCC)NC1CCN(C(=O)C2CCCC2)C1. The number of carbonyl (C=O) groups excluding carboxylic acids is 1. The summed E-state index contributed by atoms with van der Waals surface area (Å²) in [6.07, 6.45) is 6.70. The molecule has 1 aliphatic heterocycles. The number of nitrogens with one attached hydrogen (secondary N) is 2. The van der Waals surface area contributed by atoms with Crippen molar-refractivity contribution in [3.05, 3.63) is 0 Å². The van der Waals surface area contributed by atoms with E-state index in [0.29, 0.717) is 17.9 Å². The molecule has 1 saturated heterocycles. The van der Waals surface area contributed by atoms with Crippen LogP contribution in [-0.4, -0.2) is 49.0 Å². The summed E-state index contributed by atoms with van der Waals surface area (Å²) in [6.45, 7) is 7.63. The second-order valence-electron chi connectivity index (χ2n) is 6.16. The Morgan fingerprint density at radius 2 is 2.00 bits per heavy atom. The highest BCUT2D eigenvalue weighted by Crippen LogP contribution is 2.27. The van der Waals surface area contributed by atoms with E-state index in [1.165, 1.54) is 12.8 Å². The standard InChI is InChI=1S/C16H30N4O/c1-3-10-18-16(17-4-2)19-14-9-11-20(12-14)15(21)13-7-5-6-8-13/h13-14H,3-12H2,1-2H3,(H2,17,18,19). The van der Waals surface area contributed by atoms with Crippen molar-refractivity contribution in [2.75, 3.05) is 26.2 Å². The number of nitrogens with zero attached hydrogens (tertiary/aromatic N) is 2. The van der Waals surface area contributed by atoms with Crippen LogP contribution >= 0.6 is 0 Å². The lowest BCUT2D eigenvalue weighted by Crippen LogP contribution is -2.45. The molecule has 0 radical (unpaired) electrons. The maximum absolute atomic E-state index is 12.4. The summed E-state index contributed by atoms with van der Waals surface area (Å²) in [7, 11) is 0. The summed E-state index contributed by atoms with van der Waals surface area (Å²) in [5, 5.41) is 6.75. The number of hydrogen-bond acceptors (Lipinski definition) is 2. The first-order chi connectivity index (χ1) is 10.2. The van der Waals surface area contributed by atoms with Gasteiger partial charge in [0.25, 0.3) is 0 Å². The predicted molar refractivity (Wildman–Crippen MR) is 86.3 cm³/mol. The number of hydrogen-bond donors (Lipinski definition) is 2. The van der Waals surface area contributed by atoms with Gasteiger partial charge in [-0.2, -0.15) is 0 Å². The molecule has 120 valence electrons. The summed E-state index contributed by atoms with van der Waals surface area (Å²) in [5.41, 5.74) is 0. The van der Waals surface area contributed by atoms with Crippen LogP contribution in [0.15, 0.2) is 4.99 Å². The van der Waals surface area contributed by atoms with Crippen molar-refractivity contribution in [2.45, 2.75) is 58.4 Å². The van der Waals surface area contributed by atoms with Crippen molar-refractivity contribution in [1.29, 1.82) is 0 Å². The molecule has 5 nitrogen and oxygen atoms in total. The molecule has 21 heavy (non-hydrogen) atoms. The highest BCUT2D eigenvalue weighted by molar-refractivity contribution is 5.81. The third-order valence-corrected chi connectivity index (χ3v) is 4.38. The van der Waals surface area contributed by atoms with Crippen LogP contribution in [0.5, 0.6) is 0 Å². The zero-order chi connectivity index (χ0) is 15.1. The lowest BCUT2D eigenvalue weighted by atomic mass is 10.1. The van der Waals surface area contributed by atoms with Gasteiger partial charge in [0.15, 0.2) is 5.96 Å². The highest BCUT2D eigenvalue weighted by atomic mass is 16.2. The molecular formula is C16H30N4O. The van der Waals surface area contributed by atoms with Gasteiger partial charge in [0.1, 0.15) is 0 Å². The van der Waals surface area contributed by atoms with Gasteiger partial charge in [0, 0.05) is 38.1 Å². The van der Waals surface area contributed by atoms with E-state index >= 15 is 0 Å².